The van der Waals surface area contributed by atoms with Crippen LogP contribution in [0.2, 0.25) is 0 Å². The van der Waals surface area contributed by atoms with Crippen molar-refractivity contribution in [3.63, 3.8) is 0 Å². The topological polar surface area (TPSA) is 78.4 Å². The zero-order valence-corrected chi connectivity index (χ0v) is 11.9. The third-order valence-electron chi connectivity index (χ3n) is 2.34. The van der Waals surface area contributed by atoms with E-state index in [4.69, 9.17) is 5.11 Å². The molecule has 0 spiro atoms. The van der Waals surface area contributed by atoms with E-state index >= 15 is 0 Å². The number of nitrogens with one attached hydrogen (secondary N) is 2. The van der Waals surface area contributed by atoms with E-state index in [1.165, 1.54) is 0 Å². The van der Waals surface area contributed by atoms with Crippen molar-refractivity contribution < 1.29 is 14.7 Å². The van der Waals surface area contributed by atoms with Crippen LogP contribution in [0, 0.1) is 5.41 Å². The summed E-state index contributed by atoms with van der Waals surface area (Å²) in [7, 11) is 0. The summed E-state index contributed by atoms with van der Waals surface area (Å²) in [5.74, 6) is -0.302. The zero-order chi connectivity index (χ0) is 14.2. The van der Waals surface area contributed by atoms with Crippen molar-refractivity contribution in [2.45, 2.75) is 53.0 Å². The number of hydrogen-bond donors (Lipinski definition) is 3. The molecule has 5 heteroatoms. The molecule has 0 saturated carbocycles. The lowest BCUT2D eigenvalue weighted by Gasteiger charge is -2.18. The van der Waals surface area contributed by atoms with Gasteiger partial charge in [0.25, 0.3) is 0 Å². The Labute approximate surface area is 109 Å². The molecular weight excluding hydrogens is 232 g/mol. The number of carbonyl (C=O) groups excluding carboxylic acids is 2. The number of amides is 2. The van der Waals surface area contributed by atoms with E-state index in [2.05, 4.69) is 10.6 Å². The van der Waals surface area contributed by atoms with E-state index < -0.39 is 0 Å². The fourth-order valence-corrected chi connectivity index (χ4v) is 1.52. The molecule has 3 N–H and O–H groups in total. The second-order valence-corrected chi connectivity index (χ2v) is 5.85. The Kier molecular flexibility index (Phi) is 7.59. The Morgan fingerprint density at radius 1 is 1.22 bits per heavy atom. The minimum Gasteiger partial charge on any atom is -0.396 e. The summed E-state index contributed by atoms with van der Waals surface area (Å²) in [6, 6.07) is 0.0177. The highest BCUT2D eigenvalue weighted by atomic mass is 16.3. The van der Waals surface area contributed by atoms with Crippen LogP contribution in [-0.2, 0) is 9.59 Å². The van der Waals surface area contributed by atoms with Crippen LogP contribution in [0.1, 0.15) is 47.0 Å². The number of aliphatic hydroxyl groups is 1. The number of aliphatic hydroxyl groups excluding tert-OH is 1. The van der Waals surface area contributed by atoms with Gasteiger partial charge in [0.05, 0.1) is 6.54 Å². The van der Waals surface area contributed by atoms with Gasteiger partial charge in [0.15, 0.2) is 0 Å². The van der Waals surface area contributed by atoms with E-state index in [9.17, 15) is 9.59 Å². The van der Waals surface area contributed by atoms with Crippen LogP contribution in [0.3, 0.4) is 0 Å². The average molecular weight is 258 g/mol. The Hall–Kier alpha value is -1.10. The lowest BCUT2D eigenvalue weighted by molar-refractivity contribution is -0.127. The second-order valence-electron chi connectivity index (χ2n) is 5.85. The summed E-state index contributed by atoms with van der Waals surface area (Å²) < 4.78 is 0. The van der Waals surface area contributed by atoms with Gasteiger partial charge >= 0.3 is 0 Å². The molecule has 2 amide bonds. The van der Waals surface area contributed by atoms with Gasteiger partial charge in [0.1, 0.15) is 0 Å². The summed E-state index contributed by atoms with van der Waals surface area (Å²) in [5.41, 5.74) is -0.0744. The van der Waals surface area contributed by atoms with Crippen LogP contribution < -0.4 is 10.6 Å². The molecule has 0 rings (SSSR count). The summed E-state index contributed by atoms with van der Waals surface area (Å²) >= 11 is 0. The molecule has 0 aliphatic rings. The Balaban J connectivity index is 3.79. The van der Waals surface area contributed by atoms with Gasteiger partial charge < -0.3 is 15.7 Å². The van der Waals surface area contributed by atoms with Gasteiger partial charge in [-0.3, -0.25) is 9.59 Å². The first kappa shape index (κ1) is 16.9. The van der Waals surface area contributed by atoms with Crippen LogP contribution in [0.4, 0.5) is 0 Å². The highest BCUT2D eigenvalue weighted by Gasteiger charge is 2.16. The highest BCUT2D eigenvalue weighted by Crippen LogP contribution is 2.17. The van der Waals surface area contributed by atoms with Gasteiger partial charge in [-0.15, -0.1) is 0 Å². The zero-order valence-electron chi connectivity index (χ0n) is 11.9. The molecule has 106 valence electrons. The molecule has 0 aliphatic carbocycles. The first-order chi connectivity index (χ1) is 8.24. The van der Waals surface area contributed by atoms with Crippen LogP contribution in [0.5, 0.6) is 0 Å². The van der Waals surface area contributed by atoms with Crippen LogP contribution in [-0.4, -0.2) is 36.1 Å². The first-order valence-corrected chi connectivity index (χ1v) is 6.41. The van der Waals surface area contributed by atoms with Gasteiger partial charge in [-0.25, -0.2) is 0 Å². The summed E-state index contributed by atoms with van der Waals surface area (Å²) in [6.45, 7) is 7.95. The third kappa shape index (κ3) is 10.1. The molecule has 0 bridgehead atoms. The maximum absolute atomic E-state index is 11.5. The van der Waals surface area contributed by atoms with Crippen molar-refractivity contribution in [2.24, 2.45) is 5.41 Å². The molecule has 18 heavy (non-hydrogen) atoms. The molecule has 0 aromatic heterocycles. The molecule has 0 fully saturated rings. The maximum Gasteiger partial charge on any atom is 0.239 e. The number of carbonyl (C=O) groups is 2. The van der Waals surface area contributed by atoms with Crippen LogP contribution in [0.15, 0.2) is 0 Å². The first-order valence-electron chi connectivity index (χ1n) is 6.41. The third-order valence-corrected chi connectivity index (χ3v) is 2.34. The van der Waals surface area contributed by atoms with E-state index in [-0.39, 0.29) is 36.4 Å². The molecule has 0 aromatic carbocycles. The average Bonchev–Trinajstić information content (AvgIpc) is 2.21. The molecule has 0 heterocycles. The number of hydrogen-bond acceptors (Lipinski definition) is 3. The SMILES string of the molecule is CC(CCCO)NC(=O)CNC(=O)CC(C)(C)C. The van der Waals surface area contributed by atoms with Crippen LogP contribution >= 0.6 is 0 Å². The van der Waals surface area contributed by atoms with Gasteiger partial charge in [0, 0.05) is 19.1 Å². The molecule has 0 radical (unpaired) electrons. The normalized spacial score (nSPS) is 12.9. The summed E-state index contributed by atoms with van der Waals surface area (Å²) in [4.78, 5) is 23.0. The predicted molar refractivity (Wildman–Crippen MR) is 71.0 cm³/mol. The molecule has 1 atom stereocenters. The molecule has 0 aromatic rings. The van der Waals surface area contributed by atoms with E-state index in [1.807, 2.05) is 27.7 Å². The van der Waals surface area contributed by atoms with Gasteiger partial charge in [-0.05, 0) is 25.2 Å². The summed E-state index contributed by atoms with van der Waals surface area (Å²) in [5, 5.41) is 14.0. The number of rotatable bonds is 7. The standard InChI is InChI=1S/C13H26N2O3/c1-10(6-5-7-16)15-12(18)9-14-11(17)8-13(2,3)4/h10,16H,5-9H2,1-4H3,(H,14,17)(H,15,18). The molecule has 0 saturated heterocycles. The van der Waals surface area contributed by atoms with Crippen molar-refractivity contribution in [2.75, 3.05) is 13.2 Å². The lowest BCUT2D eigenvalue weighted by Crippen LogP contribution is -2.41. The second kappa shape index (κ2) is 8.08. The smallest absolute Gasteiger partial charge is 0.239 e. The summed E-state index contributed by atoms with van der Waals surface area (Å²) in [6.07, 6.45) is 1.80. The molecule has 5 nitrogen and oxygen atoms in total. The van der Waals surface area contributed by atoms with Gasteiger partial charge in [-0.1, -0.05) is 20.8 Å². The minimum atomic E-state index is -0.192. The quantitative estimate of drug-likeness (QED) is 0.632. The van der Waals surface area contributed by atoms with Gasteiger partial charge in [-0.2, -0.15) is 0 Å². The van der Waals surface area contributed by atoms with E-state index in [0.717, 1.165) is 6.42 Å². The fourth-order valence-electron chi connectivity index (χ4n) is 1.52. The Bertz CT molecular complexity index is 272. The van der Waals surface area contributed by atoms with Crippen molar-refractivity contribution in [1.82, 2.24) is 10.6 Å². The predicted octanol–water partition coefficient (Wildman–Crippen LogP) is 0.816. The molecular formula is C13H26N2O3. The van der Waals surface area contributed by atoms with Crippen molar-refractivity contribution >= 4 is 11.8 Å². The molecule has 1 unspecified atom stereocenters. The van der Waals surface area contributed by atoms with Gasteiger partial charge in [0.2, 0.25) is 11.8 Å². The largest absolute Gasteiger partial charge is 0.396 e. The Morgan fingerprint density at radius 2 is 1.83 bits per heavy atom. The van der Waals surface area contributed by atoms with Crippen LogP contribution in [0.25, 0.3) is 0 Å². The van der Waals surface area contributed by atoms with Crippen molar-refractivity contribution in [3.05, 3.63) is 0 Å². The lowest BCUT2D eigenvalue weighted by atomic mass is 9.92. The monoisotopic (exact) mass is 258 g/mol. The Morgan fingerprint density at radius 3 is 2.33 bits per heavy atom. The maximum atomic E-state index is 11.5. The van der Waals surface area contributed by atoms with Crippen molar-refractivity contribution in [3.8, 4) is 0 Å². The van der Waals surface area contributed by atoms with E-state index in [0.29, 0.717) is 12.8 Å². The fraction of sp³-hybridized carbons (Fsp3) is 0.846. The minimum absolute atomic E-state index is 0.0123. The van der Waals surface area contributed by atoms with Crippen molar-refractivity contribution in [1.29, 1.82) is 0 Å². The van der Waals surface area contributed by atoms with E-state index in [1.54, 1.807) is 0 Å². The highest BCUT2D eigenvalue weighted by molar-refractivity contribution is 5.84. The molecule has 0 aliphatic heterocycles.